The van der Waals surface area contributed by atoms with Gasteiger partial charge in [0.25, 0.3) is 0 Å². The van der Waals surface area contributed by atoms with Gasteiger partial charge in [-0.3, -0.25) is 0 Å². The molecule has 0 unspecified atom stereocenters. The molecule has 0 aromatic carbocycles. The van der Waals surface area contributed by atoms with Gasteiger partial charge in [0.2, 0.25) is 10.5 Å². The van der Waals surface area contributed by atoms with Gasteiger partial charge in [0.05, 0.1) is 0 Å². The molecule has 0 spiro atoms. The first kappa shape index (κ1) is 5.97. The minimum Gasteiger partial charge on any atom is -0.434 e. The fraction of sp³-hybridized carbons (Fsp3) is 0. The van der Waals surface area contributed by atoms with Crippen LogP contribution in [0.4, 0.5) is 0 Å². The van der Waals surface area contributed by atoms with Crippen molar-refractivity contribution in [3.63, 3.8) is 0 Å². The predicted molar refractivity (Wildman–Crippen MR) is 24.3 cm³/mol. The van der Waals surface area contributed by atoms with Gasteiger partial charge in [-0.15, -0.1) is 22.2 Å². The van der Waals surface area contributed by atoms with Gasteiger partial charge in [0.15, 0.2) is 0 Å². The average Bonchev–Trinajstić information content (AvgIpc) is 1.38. The lowest BCUT2D eigenvalue weighted by atomic mass is 15.8. The number of rotatable bonds is 1. The molecule has 0 aliphatic rings. The molecule has 0 aromatic heterocycles. The molecule has 0 aliphatic carbocycles. The summed E-state index contributed by atoms with van der Waals surface area (Å²) in [6.07, 6.45) is 0. The van der Waals surface area contributed by atoms with Crippen LogP contribution in [0.15, 0.2) is 0 Å². The molecule has 0 fully saturated rings. The quantitative estimate of drug-likeness (QED) is 0.384. The van der Waals surface area contributed by atoms with Crippen LogP contribution < -0.4 is 0 Å². The van der Waals surface area contributed by atoms with Crippen molar-refractivity contribution in [1.82, 2.24) is 0 Å². The van der Waals surface area contributed by atoms with Crippen molar-refractivity contribution in [2.45, 2.75) is 0 Å². The molecule has 0 saturated heterocycles. The monoisotopic (exact) mass is 142 g/mol. The standard InChI is InChI=1S/Cl2OSi2/c1-5(2)3-4. The fourth-order valence-electron chi connectivity index (χ4n) is 0. The Morgan fingerprint density at radius 3 is 1.80 bits per heavy atom. The minimum absolute atomic E-state index is 1.52. The summed E-state index contributed by atoms with van der Waals surface area (Å²) < 4.78 is 4.19. The summed E-state index contributed by atoms with van der Waals surface area (Å²) in [5.74, 6) is 0. The molecule has 0 aliphatic heterocycles. The van der Waals surface area contributed by atoms with E-state index in [9.17, 15) is 0 Å². The Labute approximate surface area is 44.9 Å². The summed E-state index contributed by atoms with van der Waals surface area (Å²) in [7, 11) is 1.12. The van der Waals surface area contributed by atoms with Crippen molar-refractivity contribution in [3.8, 4) is 0 Å². The molecule has 0 bridgehead atoms. The summed E-state index contributed by atoms with van der Waals surface area (Å²) in [6.45, 7) is 0. The Kier molecular flexibility index (Phi) is 3.79. The highest BCUT2D eigenvalue weighted by atomic mass is 35.7. The van der Waals surface area contributed by atoms with Gasteiger partial charge in [-0.25, -0.2) is 0 Å². The summed E-state index contributed by atoms with van der Waals surface area (Å²) in [6, 6.07) is 0. The highest BCUT2D eigenvalue weighted by Crippen LogP contribution is 1.91. The molecule has 28 valence electrons. The van der Waals surface area contributed by atoms with Crippen LogP contribution in [-0.4, -0.2) is 18.1 Å². The molecular formula is Cl2OSi2. The molecule has 0 atom stereocenters. The third-order valence-corrected chi connectivity index (χ3v) is 2.08. The Morgan fingerprint density at radius 1 is 1.60 bits per heavy atom. The highest BCUT2D eigenvalue weighted by Gasteiger charge is 1.95. The van der Waals surface area contributed by atoms with Gasteiger partial charge in [-0.05, 0) is 0 Å². The SMILES string of the molecule is [Si]O[Si](Cl)Cl. The second-order valence-electron chi connectivity index (χ2n) is 0.328. The van der Waals surface area contributed by atoms with Crippen LogP contribution in [-0.2, 0) is 4.12 Å². The summed E-state index contributed by atoms with van der Waals surface area (Å²) >= 11 is 10.1. The Hall–Kier alpha value is 0.974. The van der Waals surface area contributed by atoms with E-state index in [1.165, 1.54) is 0 Å². The second-order valence-corrected chi connectivity index (χ2v) is 4.24. The van der Waals surface area contributed by atoms with Crippen molar-refractivity contribution in [2.24, 2.45) is 0 Å². The van der Waals surface area contributed by atoms with Crippen LogP contribution in [0.1, 0.15) is 0 Å². The lowest BCUT2D eigenvalue weighted by molar-refractivity contribution is 0.675. The van der Waals surface area contributed by atoms with E-state index >= 15 is 0 Å². The maximum atomic E-state index is 5.06. The second kappa shape index (κ2) is 3.17. The molecule has 0 saturated carbocycles. The first-order chi connectivity index (χ1) is 2.27. The third-order valence-electron chi connectivity index (χ3n) is 0.0772. The first-order valence-electron chi connectivity index (χ1n) is 0.786. The molecule has 0 heterocycles. The van der Waals surface area contributed by atoms with Crippen molar-refractivity contribution in [1.29, 1.82) is 0 Å². The lowest BCUT2D eigenvalue weighted by Gasteiger charge is -1.83. The zero-order valence-electron chi connectivity index (χ0n) is 2.16. The van der Waals surface area contributed by atoms with Crippen LogP contribution in [0.25, 0.3) is 0 Å². The van der Waals surface area contributed by atoms with Crippen molar-refractivity contribution >= 4 is 40.3 Å². The van der Waals surface area contributed by atoms with Crippen LogP contribution in [0.5, 0.6) is 0 Å². The third kappa shape index (κ3) is 4.97. The molecule has 5 heteroatoms. The topological polar surface area (TPSA) is 9.23 Å². The summed E-state index contributed by atoms with van der Waals surface area (Å²) in [5.41, 5.74) is 0. The first-order valence-corrected chi connectivity index (χ1v) is 4.63. The summed E-state index contributed by atoms with van der Waals surface area (Å²) in [4.78, 5) is 0. The van der Waals surface area contributed by atoms with E-state index in [1.54, 1.807) is 0 Å². The Bertz CT molecular complexity index is 21.6. The normalized spacial score (nSPS) is 9.60. The molecule has 5 heavy (non-hydrogen) atoms. The molecule has 0 N–H and O–H groups in total. The fourth-order valence-corrected chi connectivity index (χ4v) is 0. The van der Waals surface area contributed by atoms with Gasteiger partial charge in [0, 0.05) is 0 Å². The number of hydrogen-bond donors (Lipinski definition) is 0. The van der Waals surface area contributed by atoms with Gasteiger partial charge in [-0.1, -0.05) is 0 Å². The molecular weight excluding hydrogens is 143 g/mol. The number of hydrogen-bond acceptors (Lipinski definition) is 1. The maximum Gasteiger partial charge on any atom is 0.427 e. The van der Waals surface area contributed by atoms with E-state index in [2.05, 4.69) is 14.6 Å². The molecule has 0 rings (SSSR count). The van der Waals surface area contributed by atoms with E-state index in [0.29, 0.717) is 0 Å². The van der Waals surface area contributed by atoms with Crippen LogP contribution >= 0.6 is 22.2 Å². The van der Waals surface area contributed by atoms with Crippen LogP contribution in [0.2, 0.25) is 0 Å². The van der Waals surface area contributed by atoms with E-state index in [0.717, 1.165) is 0 Å². The zero-order chi connectivity index (χ0) is 4.28. The zero-order valence-corrected chi connectivity index (χ0v) is 5.68. The van der Waals surface area contributed by atoms with Gasteiger partial charge in [0.1, 0.15) is 0 Å². The predicted octanol–water partition coefficient (Wildman–Crippen LogP) is 0.549. The lowest BCUT2D eigenvalue weighted by Crippen LogP contribution is -1.95. The van der Waals surface area contributed by atoms with E-state index in [1.807, 2.05) is 0 Å². The average molecular weight is 143 g/mol. The molecule has 0 aromatic rings. The van der Waals surface area contributed by atoms with Crippen LogP contribution in [0.3, 0.4) is 0 Å². The van der Waals surface area contributed by atoms with Gasteiger partial charge in [-0.2, -0.15) is 0 Å². The van der Waals surface area contributed by atoms with E-state index < -0.39 is 7.66 Å². The van der Waals surface area contributed by atoms with Gasteiger partial charge < -0.3 is 4.12 Å². The van der Waals surface area contributed by atoms with Crippen molar-refractivity contribution in [2.75, 3.05) is 0 Å². The summed E-state index contributed by atoms with van der Waals surface area (Å²) in [5, 5.41) is 0. The smallest absolute Gasteiger partial charge is 0.427 e. The Morgan fingerprint density at radius 2 is 1.80 bits per heavy atom. The van der Waals surface area contributed by atoms with Crippen molar-refractivity contribution in [3.05, 3.63) is 0 Å². The molecule has 4 radical (unpaired) electrons. The maximum absolute atomic E-state index is 5.06. The Balaban J connectivity index is 2.54. The van der Waals surface area contributed by atoms with Crippen LogP contribution in [0, 0.1) is 0 Å². The van der Waals surface area contributed by atoms with Crippen molar-refractivity contribution < 1.29 is 4.12 Å². The van der Waals surface area contributed by atoms with E-state index in [-0.39, 0.29) is 0 Å². The molecule has 0 amide bonds. The largest absolute Gasteiger partial charge is 0.434 e. The van der Waals surface area contributed by atoms with E-state index in [4.69, 9.17) is 22.2 Å². The number of halogens is 2. The molecule has 1 nitrogen and oxygen atoms in total. The van der Waals surface area contributed by atoms with Gasteiger partial charge >= 0.3 is 7.66 Å². The highest BCUT2D eigenvalue weighted by molar-refractivity contribution is 7.31. The minimum atomic E-state index is -1.52.